The predicted octanol–water partition coefficient (Wildman–Crippen LogP) is 2.18. The molecule has 8 heteroatoms. The Labute approximate surface area is 186 Å². The Morgan fingerprint density at radius 2 is 1.69 bits per heavy atom. The average Bonchev–Trinajstić information content (AvgIpc) is 2.80. The van der Waals surface area contributed by atoms with E-state index in [9.17, 15) is 18.0 Å². The standard InChI is InChI=1S/C24H23N3O4S/c25-32(30,31)21-11-5-10-20(16-21)24(29)27-13-12-26-23(28)22(27)15-17-6-4-9-19(14-17)18-7-2-1-3-8-18/h1-11,14,16,22H,12-13,15H2,(H,26,28)(H2,25,30,31)/t22-/m0/s1. The summed E-state index contributed by atoms with van der Waals surface area (Å²) in [5, 5.41) is 8.02. The van der Waals surface area contributed by atoms with Gasteiger partial charge in [-0.15, -0.1) is 0 Å². The van der Waals surface area contributed by atoms with Gasteiger partial charge in [-0.3, -0.25) is 9.59 Å². The maximum atomic E-state index is 13.2. The highest BCUT2D eigenvalue weighted by Crippen LogP contribution is 2.23. The molecule has 0 aliphatic carbocycles. The maximum Gasteiger partial charge on any atom is 0.254 e. The number of hydrogen-bond acceptors (Lipinski definition) is 4. The lowest BCUT2D eigenvalue weighted by Crippen LogP contribution is -2.58. The minimum absolute atomic E-state index is 0.142. The molecule has 0 unspecified atom stereocenters. The SMILES string of the molecule is NS(=O)(=O)c1cccc(C(=O)N2CCNC(=O)[C@@H]2Cc2cccc(-c3ccccc3)c2)c1. The summed E-state index contributed by atoms with van der Waals surface area (Å²) in [5.41, 5.74) is 3.19. The van der Waals surface area contributed by atoms with Gasteiger partial charge in [0.2, 0.25) is 15.9 Å². The lowest BCUT2D eigenvalue weighted by Gasteiger charge is -2.35. The summed E-state index contributed by atoms with van der Waals surface area (Å²) in [5.74, 6) is -0.646. The third kappa shape index (κ3) is 4.71. The van der Waals surface area contributed by atoms with Gasteiger partial charge in [-0.1, -0.05) is 60.7 Å². The van der Waals surface area contributed by atoms with Crippen molar-refractivity contribution < 1.29 is 18.0 Å². The number of benzene rings is 3. The number of amides is 2. The molecule has 164 valence electrons. The third-order valence-electron chi connectivity index (χ3n) is 5.46. The van der Waals surface area contributed by atoms with E-state index < -0.39 is 22.0 Å². The van der Waals surface area contributed by atoms with Gasteiger partial charge in [0.05, 0.1) is 4.90 Å². The van der Waals surface area contributed by atoms with Crippen molar-refractivity contribution in [3.63, 3.8) is 0 Å². The molecule has 1 aliphatic rings. The lowest BCUT2D eigenvalue weighted by molar-refractivity contribution is -0.127. The molecule has 3 aromatic rings. The van der Waals surface area contributed by atoms with Gasteiger partial charge in [0.15, 0.2) is 0 Å². The van der Waals surface area contributed by atoms with Crippen LogP contribution in [0.2, 0.25) is 0 Å². The fourth-order valence-electron chi connectivity index (χ4n) is 3.86. The van der Waals surface area contributed by atoms with Crippen LogP contribution in [-0.4, -0.2) is 44.3 Å². The zero-order valence-corrected chi connectivity index (χ0v) is 18.1. The van der Waals surface area contributed by atoms with Gasteiger partial charge in [0.25, 0.3) is 5.91 Å². The van der Waals surface area contributed by atoms with Crippen molar-refractivity contribution in [1.82, 2.24) is 10.2 Å². The summed E-state index contributed by atoms with van der Waals surface area (Å²) in [6.45, 7) is 0.660. The molecule has 1 atom stereocenters. The molecular weight excluding hydrogens is 426 g/mol. The maximum absolute atomic E-state index is 13.2. The van der Waals surface area contributed by atoms with E-state index in [0.717, 1.165) is 16.7 Å². The summed E-state index contributed by atoms with van der Waals surface area (Å²) in [6, 6.07) is 22.7. The van der Waals surface area contributed by atoms with Gasteiger partial charge >= 0.3 is 0 Å². The van der Waals surface area contributed by atoms with Crippen molar-refractivity contribution in [2.75, 3.05) is 13.1 Å². The Balaban J connectivity index is 1.62. The minimum atomic E-state index is -3.94. The second-order valence-corrected chi connectivity index (χ2v) is 9.21. The van der Waals surface area contributed by atoms with Crippen molar-refractivity contribution in [2.24, 2.45) is 5.14 Å². The number of carbonyl (C=O) groups excluding carboxylic acids is 2. The minimum Gasteiger partial charge on any atom is -0.353 e. The van der Waals surface area contributed by atoms with Crippen LogP contribution in [0, 0.1) is 0 Å². The summed E-state index contributed by atoms with van der Waals surface area (Å²) in [6.07, 6.45) is 0.340. The Hall–Kier alpha value is -3.49. The first-order chi connectivity index (χ1) is 15.3. The fraction of sp³-hybridized carbons (Fsp3) is 0.167. The Morgan fingerprint density at radius 3 is 2.44 bits per heavy atom. The first-order valence-corrected chi connectivity index (χ1v) is 11.7. The predicted molar refractivity (Wildman–Crippen MR) is 121 cm³/mol. The fourth-order valence-corrected chi connectivity index (χ4v) is 4.42. The number of hydrogen-bond donors (Lipinski definition) is 2. The lowest BCUT2D eigenvalue weighted by atomic mass is 9.97. The van der Waals surface area contributed by atoms with Gasteiger partial charge in [-0.05, 0) is 34.9 Å². The van der Waals surface area contributed by atoms with E-state index in [1.54, 1.807) is 0 Å². The first-order valence-electron chi connectivity index (χ1n) is 10.2. The van der Waals surface area contributed by atoms with E-state index in [1.807, 2.05) is 54.6 Å². The van der Waals surface area contributed by atoms with E-state index in [4.69, 9.17) is 5.14 Å². The van der Waals surface area contributed by atoms with E-state index in [-0.39, 0.29) is 16.4 Å². The molecule has 1 aliphatic heterocycles. The van der Waals surface area contributed by atoms with Crippen LogP contribution < -0.4 is 10.5 Å². The molecule has 1 heterocycles. The highest BCUT2D eigenvalue weighted by atomic mass is 32.2. The van der Waals surface area contributed by atoms with E-state index in [2.05, 4.69) is 5.32 Å². The molecule has 2 amide bonds. The molecule has 0 saturated carbocycles. The van der Waals surface area contributed by atoms with E-state index in [0.29, 0.717) is 19.5 Å². The molecule has 0 aromatic heterocycles. The number of rotatable bonds is 5. The van der Waals surface area contributed by atoms with Gasteiger partial charge in [-0.25, -0.2) is 13.6 Å². The molecule has 7 nitrogen and oxygen atoms in total. The highest BCUT2D eigenvalue weighted by Gasteiger charge is 2.34. The van der Waals surface area contributed by atoms with Crippen LogP contribution in [-0.2, 0) is 21.2 Å². The largest absolute Gasteiger partial charge is 0.353 e. The van der Waals surface area contributed by atoms with Crippen LogP contribution >= 0.6 is 0 Å². The molecule has 4 rings (SSSR count). The number of nitrogens with one attached hydrogen (secondary N) is 1. The zero-order valence-electron chi connectivity index (χ0n) is 17.3. The number of sulfonamides is 1. The van der Waals surface area contributed by atoms with Crippen molar-refractivity contribution in [2.45, 2.75) is 17.4 Å². The Morgan fingerprint density at radius 1 is 0.969 bits per heavy atom. The number of nitrogens with zero attached hydrogens (tertiary/aromatic N) is 1. The highest BCUT2D eigenvalue weighted by molar-refractivity contribution is 7.89. The Kier molecular flexibility index (Phi) is 6.07. The second-order valence-electron chi connectivity index (χ2n) is 7.65. The third-order valence-corrected chi connectivity index (χ3v) is 6.38. The summed E-state index contributed by atoms with van der Waals surface area (Å²) in [7, 11) is -3.94. The summed E-state index contributed by atoms with van der Waals surface area (Å²) in [4.78, 5) is 27.3. The molecule has 32 heavy (non-hydrogen) atoms. The molecule has 0 radical (unpaired) electrons. The van der Waals surface area contributed by atoms with E-state index >= 15 is 0 Å². The molecule has 3 aromatic carbocycles. The smallest absolute Gasteiger partial charge is 0.254 e. The first kappa shape index (κ1) is 21.7. The summed E-state index contributed by atoms with van der Waals surface area (Å²) >= 11 is 0. The van der Waals surface area contributed by atoms with Crippen LogP contribution in [0.1, 0.15) is 15.9 Å². The van der Waals surface area contributed by atoms with Gasteiger partial charge < -0.3 is 10.2 Å². The van der Waals surface area contributed by atoms with Gasteiger partial charge in [-0.2, -0.15) is 0 Å². The molecule has 3 N–H and O–H groups in total. The number of carbonyl (C=O) groups is 2. The van der Waals surface area contributed by atoms with Crippen molar-refractivity contribution >= 4 is 21.8 Å². The van der Waals surface area contributed by atoms with Crippen molar-refractivity contribution in [3.8, 4) is 11.1 Å². The van der Waals surface area contributed by atoms with Gasteiger partial charge in [0.1, 0.15) is 6.04 Å². The number of nitrogens with two attached hydrogens (primary N) is 1. The van der Waals surface area contributed by atoms with Crippen LogP contribution in [0.4, 0.5) is 0 Å². The number of piperazine rings is 1. The molecule has 1 saturated heterocycles. The normalized spacial score (nSPS) is 16.5. The topological polar surface area (TPSA) is 110 Å². The average molecular weight is 450 g/mol. The van der Waals surface area contributed by atoms with Crippen LogP contribution in [0.5, 0.6) is 0 Å². The van der Waals surface area contributed by atoms with Gasteiger partial charge in [0, 0.05) is 25.1 Å². The summed E-state index contributed by atoms with van der Waals surface area (Å²) < 4.78 is 23.4. The quantitative estimate of drug-likeness (QED) is 0.622. The molecule has 1 fully saturated rings. The van der Waals surface area contributed by atoms with Crippen LogP contribution in [0.3, 0.4) is 0 Å². The molecule has 0 bridgehead atoms. The van der Waals surface area contributed by atoms with Crippen molar-refractivity contribution in [3.05, 3.63) is 90.0 Å². The molecule has 0 spiro atoms. The van der Waals surface area contributed by atoms with Crippen LogP contribution in [0.15, 0.2) is 83.8 Å². The monoisotopic (exact) mass is 449 g/mol. The number of primary sulfonamides is 1. The zero-order chi connectivity index (χ0) is 22.7. The Bertz CT molecular complexity index is 1260. The van der Waals surface area contributed by atoms with Crippen LogP contribution in [0.25, 0.3) is 11.1 Å². The molecular formula is C24H23N3O4S. The van der Waals surface area contributed by atoms with E-state index in [1.165, 1.54) is 29.2 Å². The second kappa shape index (κ2) is 8.94. The van der Waals surface area contributed by atoms with Crippen molar-refractivity contribution in [1.29, 1.82) is 0 Å².